The van der Waals surface area contributed by atoms with Crippen LogP contribution in [0.25, 0.3) is 0 Å². The predicted molar refractivity (Wildman–Crippen MR) is 132 cm³/mol. The molecule has 0 fully saturated rings. The standard InChI is InChI=1S/C25H26ClN5O3/c26-21-10-9-18(14-30-21)16-34-25(33)23(20-6-2-1-3-7-20)24(32)31(22-8-4-5-11-29-22)15-19-12-27-17-28-13-19/h1-10,12-13,23,27,29-30H,11,14-17H2. The summed E-state index contributed by atoms with van der Waals surface area (Å²) >= 11 is 5.92. The third-order valence-electron chi connectivity index (χ3n) is 5.38. The van der Waals surface area contributed by atoms with Gasteiger partial charge in [0.25, 0.3) is 0 Å². The predicted octanol–water partition coefficient (Wildman–Crippen LogP) is 2.27. The maximum absolute atomic E-state index is 13.9. The molecule has 0 radical (unpaired) electrons. The normalized spacial score (nSPS) is 17.6. The van der Waals surface area contributed by atoms with Gasteiger partial charge in [0.05, 0.1) is 6.54 Å². The van der Waals surface area contributed by atoms with Gasteiger partial charge in [-0.2, -0.15) is 0 Å². The molecule has 0 spiro atoms. The van der Waals surface area contributed by atoms with Crippen molar-refractivity contribution in [2.24, 2.45) is 4.99 Å². The number of nitrogens with zero attached hydrogens (tertiary/aromatic N) is 2. The number of allylic oxidation sites excluding steroid dienone is 4. The molecule has 1 aromatic carbocycles. The lowest BCUT2D eigenvalue weighted by atomic mass is 9.97. The first kappa shape index (κ1) is 23.4. The Bertz CT molecular complexity index is 1100. The van der Waals surface area contributed by atoms with Crippen LogP contribution in [0, 0.1) is 0 Å². The summed E-state index contributed by atoms with van der Waals surface area (Å²) in [7, 11) is 0. The number of esters is 1. The van der Waals surface area contributed by atoms with E-state index in [1.807, 2.05) is 36.6 Å². The number of nitrogens with one attached hydrogen (secondary N) is 3. The first-order valence-electron chi connectivity index (χ1n) is 11.0. The zero-order valence-electron chi connectivity index (χ0n) is 18.5. The molecule has 3 aliphatic heterocycles. The van der Waals surface area contributed by atoms with Crippen LogP contribution in [0.4, 0.5) is 0 Å². The molecule has 4 rings (SSSR count). The summed E-state index contributed by atoms with van der Waals surface area (Å²) in [6.07, 6.45) is 12.7. The van der Waals surface area contributed by atoms with Crippen LogP contribution in [0.5, 0.6) is 0 Å². The molecule has 9 heteroatoms. The minimum Gasteiger partial charge on any atom is -0.460 e. The Balaban J connectivity index is 1.60. The third kappa shape index (κ3) is 5.96. The van der Waals surface area contributed by atoms with Crippen molar-refractivity contribution in [3.05, 3.63) is 94.6 Å². The van der Waals surface area contributed by atoms with E-state index in [0.717, 1.165) is 11.1 Å². The second kappa shape index (κ2) is 11.4. The van der Waals surface area contributed by atoms with Gasteiger partial charge in [-0.3, -0.25) is 19.5 Å². The highest BCUT2D eigenvalue weighted by Crippen LogP contribution is 2.24. The Morgan fingerprint density at radius 3 is 2.68 bits per heavy atom. The second-order valence-electron chi connectivity index (χ2n) is 7.82. The summed E-state index contributed by atoms with van der Waals surface area (Å²) in [6, 6.07) is 8.96. The van der Waals surface area contributed by atoms with Gasteiger partial charge in [-0.15, -0.1) is 0 Å². The van der Waals surface area contributed by atoms with E-state index >= 15 is 0 Å². The number of dihydropyridines is 2. The molecule has 3 N–H and O–H groups in total. The van der Waals surface area contributed by atoms with Gasteiger partial charge in [-0.1, -0.05) is 60.2 Å². The molecule has 1 unspecified atom stereocenters. The van der Waals surface area contributed by atoms with Gasteiger partial charge in [-0.05, 0) is 23.3 Å². The molecule has 34 heavy (non-hydrogen) atoms. The average molecular weight is 480 g/mol. The molecule has 1 aromatic rings. The van der Waals surface area contributed by atoms with Gasteiger partial charge in [-0.25, -0.2) is 0 Å². The highest BCUT2D eigenvalue weighted by atomic mass is 35.5. The SMILES string of the molecule is O=C(OCC1=CC=C(Cl)NC1)C(C(=O)N(CC1=CNCN=C1)C1=CC=CCN1)c1ccccc1. The van der Waals surface area contributed by atoms with Crippen LogP contribution in [0.3, 0.4) is 0 Å². The summed E-state index contributed by atoms with van der Waals surface area (Å²) in [5, 5.41) is 9.80. The van der Waals surface area contributed by atoms with Crippen LogP contribution in [-0.2, 0) is 14.3 Å². The van der Waals surface area contributed by atoms with E-state index in [-0.39, 0.29) is 19.1 Å². The minimum absolute atomic E-state index is 0.0640. The van der Waals surface area contributed by atoms with E-state index in [1.165, 1.54) is 0 Å². The number of carbonyl (C=O) groups is 2. The van der Waals surface area contributed by atoms with E-state index in [4.69, 9.17) is 16.3 Å². The average Bonchev–Trinajstić information content (AvgIpc) is 2.89. The number of rotatable bonds is 8. The van der Waals surface area contributed by atoms with Crippen LogP contribution in [-0.4, -0.2) is 55.9 Å². The largest absolute Gasteiger partial charge is 0.460 e. The summed E-state index contributed by atoms with van der Waals surface area (Å²) in [5.74, 6) is -1.51. The quantitative estimate of drug-likeness (QED) is 0.301. The molecule has 8 nitrogen and oxygen atoms in total. The van der Waals surface area contributed by atoms with Crippen LogP contribution >= 0.6 is 11.6 Å². The van der Waals surface area contributed by atoms with Crippen molar-refractivity contribution in [2.45, 2.75) is 5.92 Å². The minimum atomic E-state index is -1.12. The molecule has 0 saturated heterocycles. The number of halogens is 1. The van der Waals surface area contributed by atoms with E-state index < -0.39 is 11.9 Å². The molecule has 176 valence electrons. The molecule has 0 saturated carbocycles. The monoisotopic (exact) mass is 479 g/mol. The van der Waals surface area contributed by atoms with E-state index in [1.54, 1.807) is 41.5 Å². The van der Waals surface area contributed by atoms with Gasteiger partial charge in [0.2, 0.25) is 5.91 Å². The fraction of sp³-hybridized carbons (Fsp3) is 0.240. The van der Waals surface area contributed by atoms with Crippen LogP contribution < -0.4 is 16.0 Å². The first-order chi connectivity index (χ1) is 16.6. The number of ether oxygens (including phenoxy) is 1. The van der Waals surface area contributed by atoms with Crippen molar-refractivity contribution in [1.29, 1.82) is 0 Å². The number of hydrogen-bond donors (Lipinski definition) is 3. The lowest BCUT2D eigenvalue weighted by Gasteiger charge is -2.30. The van der Waals surface area contributed by atoms with E-state index in [9.17, 15) is 9.59 Å². The highest BCUT2D eigenvalue weighted by molar-refractivity contribution is 6.29. The lowest BCUT2D eigenvalue weighted by molar-refractivity contribution is -0.150. The van der Waals surface area contributed by atoms with Crippen LogP contribution in [0.1, 0.15) is 11.5 Å². The molecule has 0 aromatic heterocycles. The molecular weight excluding hydrogens is 454 g/mol. The van der Waals surface area contributed by atoms with Crippen molar-refractivity contribution < 1.29 is 14.3 Å². The van der Waals surface area contributed by atoms with Crippen molar-refractivity contribution in [2.75, 3.05) is 32.9 Å². The van der Waals surface area contributed by atoms with Crippen LogP contribution in [0.15, 0.2) is 94.0 Å². The smallest absolute Gasteiger partial charge is 0.323 e. The lowest BCUT2D eigenvalue weighted by Crippen LogP contribution is -2.44. The summed E-state index contributed by atoms with van der Waals surface area (Å²) in [6.45, 7) is 1.86. The van der Waals surface area contributed by atoms with Gasteiger partial charge >= 0.3 is 5.97 Å². The van der Waals surface area contributed by atoms with Crippen molar-refractivity contribution >= 4 is 29.7 Å². The second-order valence-corrected chi connectivity index (χ2v) is 8.23. The van der Waals surface area contributed by atoms with E-state index in [2.05, 4.69) is 20.9 Å². The summed E-state index contributed by atoms with van der Waals surface area (Å²) in [5.41, 5.74) is 2.24. The molecule has 3 heterocycles. The van der Waals surface area contributed by atoms with Crippen LogP contribution in [0.2, 0.25) is 0 Å². The van der Waals surface area contributed by atoms with Crippen molar-refractivity contribution in [3.8, 4) is 0 Å². The number of hydrogen-bond acceptors (Lipinski definition) is 7. The van der Waals surface area contributed by atoms with Crippen molar-refractivity contribution in [1.82, 2.24) is 20.9 Å². The van der Waals surface area contributed by atoms with Gasteiger partial charge in [0.15, 0.2) is 5.92 Å². The first-order valence-corrected chi connectivity index (χ1v) is 11.3. The zero-order valence-corrected chi connectivity index (χ0v) is 19.3. The summed E-state index contributed by atoms with van der Waals surface area (Å²) < 4.78 is 5.61. The Kier molecular flexibility index (Phi) is 7.83. The Morgan fingerprint density at radius 2 is 2.00 bits per heavy atom. The maximum Gasteiger partial charge on any atom is 0.323 e. The zero-order chi connectivity index (χ0) is 23.8. The molecule has 0 aliphatic carbocycles. The number of aliphatic imine (C=N–C) groups is 1. The molecule has 3 aliphatic rings. The fourth-order valence-electron chi connectivity index (χ4n) is 3.65. The molecule has 0 bridgehead atoms. The highest BCUT2D eigenvalue weighted by Gasteiger charge is 2.35. The summed E-state index contributed by atoms with van der Waals surface area (Å²) in [4.78, 5) is 33.0. The van der Waals surface area contributed by atoms with Crippen molar-refractivity contribution in [3.63, 3.8) is 0 Å². The number of amides is 1. The molecule has 1 amide bonds. The Labute approximate surface area is 203 Å². The van der Waals surface area contributed by atoms with Gasteiger partial charge in [0.1, 0.15) is 24.3 Å². The molecule has 1 atom stereocenters. The van der Waals surface area contributed by atoms with Gasteiger partial charge in [0, 0.05) is 31.1 Å². The maximum atomic E-state index is 13.9. The van der Waals surface area contributed by atoms with Gasteiger partial charge < -0.3 is 20.7 Å². The Hall–Kier alpha value is -3.78. The number of benzene rings is 1. The Morgan fingerprint density at radius 1 is 1.15 bits per heavy atom. The molecular formula is C25H26ClN5O3. The fourth-order valence-corrected chi connectivity index (χ4v) is 3.78. The topological polar surface area (TPSA) is 95.1 Å². The third-order valence-corrected chi connectivity index (χ3v) is 5.64. The van der Waals surface area contributed by atoms with E-state index in [0.29, 0.717) is 36.3 Å². The number of carbonyl (C=O) groups excluding carboxylic acids is 2.